The van der Waals surface area contributed by atoms with Crippen LogP contribution in [0.4, 0.5) is 11.4 Å². The molecule has 0 spiro atoms. The zero-order valence-corrected chi connectivity index (χ0v) is 15.4. The number of hydrogen-bond acceptors (Lipinski definition) is 5. The minimum Gasteiger partial charge on any atom is -0.508 e. The van der Waals surface area contributed by atoms with Gasteiger partial charge in [0.25, 0.3) is 0 Å². The fourth-order valence-corrected chi connectivity index (χ4v) is 3.23. The molecule has 0 aliphatic carbocycles. The van der Waals surface area contributed by atoms with Crippen molar-refractivity contribution in [3.05, 3.63) is 85.1 Å². The van der Waals surface area contributed by atoms with Crippen molar-refractivity contribution in [1.82, 2.24) is 20.2 Å². The Hall–Kier alpha value is -4.19. The average molecular weight is 379 g/mol. The van der Waals surface area contributed by atoms with Crippen LogP contribution in [-0.4, -0.2) is 25.3 Å². The highest BCUT2D eigenvalue weighted by Crippen LogP contribution is 2.27. The Bertz CT molecular complexity index is 1280. The molecule has 6 heteroatoms. The molecule has 2 aromatic heterocycles. The van der Waals surface area contributed by atoms with Crippen LogP contribution in [-0.2, 0) is 0 Å². The van der Waals surface area contributed by atoms with E-state index >= 15 is 0 Å². The first kappa shape index (κ1) is 16.9. The maximum Gasteiger partial charge on any atom is 0.138 e. The van der Waals surface area contributed by atoms with Gasteiger partial charge < -0.3 is 15.4 Å². The van der Waals surface area contributed by atoms with E-state index in [0.717, 1.165) is 45.1 Å². The van der Waals surface area contributed by atoms with E-state index in [2.05, 4.69) is 25.5 Å². The van der Waals surface area contributed by atoms with Gasteiger partial charge in [-0.05, 0) is 48.5 Å². The van der Waals surface area contributed by atoms with E-state index in [0.29, 0.717) is 0 Å². The summed E-state index contributed by atoms with van der Waals surface area (Å²) in [6.45, 7) is 0. The fraction of sp³-hybridized carbons (Fsp3) is 0. The monoisotopic (exact) mass is 379 g/mol. The van der Waals surface area contributed by atoms with E-state index in [-0.39, 0.29) is 5.75 Å². The van der Waals surface area contributed by atoms with E-state index in [1.54, 1.807) is 24.4 Å². The first-order chi connectivity index (χ1) is 14.2. The van der Waals surface area contributed by atoms with Crippen molar-refractivity contribution in [3.8, 4) is 28.4 Å². The number of aromatic hydroxyl groups is 1. The molecule has 3 aromatic carbocycles. The average Bonchev–Trinajstić information content (AvgIpc) is 3.18. The second kappa shape index (κ2) is 7.09. The van der Waals surface area contributed by atoms with Gasteiger partial charge in [0.05, 0.1) is 16.7 Å². The Labute approximate surface area is 166 Å². The van der Waals surface area contributed by atoms with Crippen LogP contribution in [0.15, 0.2) is 85.1 Å². The lowest BCUT2D eigenvalue weighted by Gasteiger charge is -2.08. The Morgan fingerprint density at radius 3 is 2.52 bits per heavy atom. The third-order valence-corrected chi connectivity index (χ3v) is 4.64. The van der Waals surface area contributed by atoms with Gasteiger partial charge in [0.2, 0.25) is 0 Å². The molecular weight excluding hydrogens is 362 g/mol. The summed E-state index contributed by atoms with van der Waals surface area (Å²) in [5.41, 5.74) is 6.37. The lowest BCUT2D eigenvalue weighted by atomic mass is 10.1. The molecule has 0 saturated carbocycles. The van der Waals surface area contributed by atoms with Gasteiger partial charge in [0.1, 0.15) is 11.6 Å². The number of phenols is 1. The Morgan fingerprint density at radius 2 is 1.69 bits per heavy atom. The number of rotatable bonds is 4. The zero-order valence-electron chi connectivity index (χ0n) is 15.4. The number of H-pyrrole nitrogens is 1. The molecule has 5 rings (SSSR count). The second-order valence-corrected chi connectivity index (χ2v) is 6.68. The van der Waals surface area contributed by atoms with Crippen LogP contribution in [0.3, 0.4) is 0 Å². The predicted molar refractivity (Wildman–Crippen MR) is 114 cm³/mol. The van der Waals surface area contributed by atoms with Crippen molar-refractivity contribution in [2.75, 3.05) is 5.32 Å². The topological polar surface area (TPSA) is 86.7 Å². The van der Waals surface area contributed by atoms with Gasteiger partial charge in [0, 0.05) is 34.8 Å². The SMILES string of the molecule is Oc1ccc2nc(-c3cccc(Nc4ccc(-c5cccnn5)cc4)c3)[nH]c2c1. The van der Waals surface area contributed by atoms with Crippen LogP contribution in [0.1, 0.15) is 0 Å². The van der Waals surface area contributed by atoms with Gasteiger partial charge in [-0.3, -0.25) is 0 Å². The third kappa shape index (κ3) is 3.51. The highest BCUT2D eigenvalue weighted by molar-refractivity contribution is 5.81. The summed E-state index contributed by atoms with van der Waals surface area (Å²) in [5.74, 6) is 0.972. The zero-order chi connectivity index (χ0) is 19.6. The summed E-state index contributed by atoms with van der Waals surface area (Å²) in [7, 11) is 0. The maximum absolute atomic E-state index is 9.65. The number of anilines is 2. The van der Waals surface area contributed by atoms with E-state index in [4.69, 9.17) is 0 Å². The molecule has 0 aliphatic heterocycles. The summed E-state index contributed by atoms with van der Waals surface area (Å²) in [6, 6.07) is 25.0. The van der Waals surface area contributed by atoms with Gasteiger partial charge in [-0.2, -0.15) is 10.2 Å². The van der Waals surface area contributed by atoms with E-state index in [1.165, 1.54) is 0 Å². The molecule has 0 aliphatic rings. The van der Waals surface area contributed by atoms with E-state index < -0.39 is 0 Å². The van der Waals surface area contributed by atoms with Crippen LogP contribution in [0.2, 0.25) is 0 Å². The number of aromatic nitrogens is 4. The highest BCUT2D eigenvalue weighted by Gasteiger charge is 2.07. The summed E-state index contributed by atoms with van der Waals surface area (Å²) < 4.78 is 0. The normalized spacial score (nSPS) is 10.9. The Balaban J connectivity index is 1.39. The molecule has 0 amide bonds. The molecular formula is C23H17N5O. The van der Waals surface area contributed by atoms with Gasteiger partial charge in [-0.1, -0.05) is 24.3 Å². The third-order valence-electron chi connectivity index (χ3n) is 4.64. The molecule has 0 saturated heterocycles. The smallest absolute Gasteiger partial charge is 0.138 e. The van der Waals surface area contributed by atoms with Gasteiger partial charge >= 0.3 is 0 Å². The van der Waals surface area contributed by atoms with Crippen molar-refractivity contribution < 1.29 is 5.11 Å². The van der Waals surface area contributed by atoms with Gasteiger partial charge in [0.15, 0.2) is 0 Å². The molecule has 0 radical (unpaired) electrons. The minimum atomic E-state index is 0.216. The molecule has 0 unspecified atom stereocenters. The Kier molecular flexibility index (Phi) is 4.14. The first-order valence-electron chi connectivity index (χ1n) is 9.19. The maximum atomic E-state index is 9.65. The van der Waals surface area contributed by atoms with E-state index in [9.17, 15) is 5.11 Å². The molecule has 5 aromatic rings. The predicted octanol–water partition coefficient (Wildman–Crippen LogP) is 5.14. The molecule has 140 valence electrons. The van der Waals surface area contributed by atoms with Crippen LogP contribution in [0.5, 0.6) is 5.75 Å². The number of aromatic amines is 1. The van der Waals surface area contributed by atoms with Crippen molar-refractivity contribution in [2.24, 2.45) is 0 Å². The number of imidazole rings is 1. The first-order valence-corrected chi connectivity index (χ1v) is 9.19. The second-order valence-electron chi connectivity index (χ2n) is 6.68. The summed E-state index contributed by atoms with van der Waals surface area (Å²) in [6.07, 6.45) is 1.66. The number of nitrogens with zero attached hydrogens (tertiary/aromatic N) is 3. The van der Waals surface area contributed by atoms with Gasteiger partial charge in [-0.25, -0.2) is 4.98 Å². The number of benzene rings is 3. The standard InChI is InChI=1S/C23H17N5O/c29-19-10-11-21-22(14-19)27-23(26-21)16-3-1-4-18(13-16)25-17-8-6-15(7-9-17)20-5-2-12-24-28-20/h1-14,25,29H,(H,26,27). The molecule has 3 N–H and O–H groups in total. The van der Waals surface area contributed by atoms with Crippen LogP contribution < -0.4 is 5.32 Å². The quantitative estimate of drug-likeness (QED) is 0.403. The van der Waals surface area contributed by atoms with Gasteiger partial charge in [-0.15, -0.1) is 0 Å². The lowest BCUT2D eigenvalue weighted by Crippen LogP contribution is -1.92. The van der Waals surface area contributed by atoms with Crippen molar-refractivity contribution in [3.63, 3.8) is 0 Å². The van der Waals surface area contributed by atoms with Crippen molar-refractivity contribution in [2.45, 2.75) is 0 Å². The minimum absolute atomic E-state index is 0.216. The number of fused-ring (bicyclic) bond motifs is 1. The number of phenolic OH excluding ortho intramolecular Hbond substituents is 1. The number of nitrogens with one attached hydrogen (secondary N) is 2. The lowest BCUT2D eigenvalue weighted by molar-refractivity contribution is 0.476. The van der Waals surface area contributed by atoms with Crippen molar-refractivity contribution >= 4 is 22.4 Å². The summed E-state index contributed by atoms with van der Waals surface area (Å²) in [4.78, 5) is 7.87. The Morgan fingerprint density at radius 1 is 0.793 bits per heavy atom. The summed E-state index contributed by atoms with van der Waals surface area (Å²) >= 11 is 0. The number of hydrogen-bond donors (Lipinski definition) is 3. The van der Waals surface area contributed by atoms with Crippen molar-refractivity contribution in [1.29, 1.82) is 0 Å². The molecule has 6 nitrogen and oxygen atoms in total. The van der Waals surface area contributed by atoms with Crippen LogP contribution in [0.25, 0.3) is 33.7 Å². The fourth-order valence-electron chi connectivity index (χ4n) is 3.23. The van der Waals surface area contributed by atoms with Crippen LogP contribution in [0, 0.1) is 0 Å². The molecule has 0 bridgehead atoms. The largest absolute Gasteiger partial charge is 0.508 e. The van der Waals surface area contributed by atoms with Crippen LogP contribution >= 0.6 is 0 Å². The highest BCUT2D eigenvalue weighted by atomic mass is 16.3. The molecule has 29 heavy (non-hydrogen) atoms. The summed E-state index contributed by atoms with van der Waals surface area (Å²) in [5, 5.41) is 21.1. The molecule has 0 atom stereocenters. The van der Waals surface area contributed by atoms with E-state index in [1.807, 2.05) is 60.7 Å². The molecule has 2 heterocycles. The molecule has 0 fully saturated rings.